The molecule has 36 heavy (non-hydrogen) atoms. The standard InChI is InChI=1S/C27H32N4O4S/c1-8-28-25(32)19-10-17-18(13-31(7)26(33)23(17)30-19)24-20(11-21(36-24)27(5,6)34)35-16(4)22-15(3)9-14(2)12-29-22/h9-13,16,30,34H,8H2,1-7H3,(H,28,32). The Morgan fingerprint density at radius 2 is 2.03 bits per heavy atom. The van der Waals surface area contributed by atoms with Crippen molar-refractivity contribution in [1.29, 1.82) is 0 Å². The minimum atomic E-state index is -1.09. The maximum atomic E-state index is 12.9. The highest BCUT2D eigenvalue weighted by Crippen LogP contribution is 2.45. The number of ether oxygens (including phenoxy) is 1. The topological polar surface area (TPSA) is 109 Å². The highest BCUT2D eigenvalue weighted by Gasteiger charge is 2.27. The average molecular weight is 509 g/mol. The lowest BCUT2D eigenvalue weighted by molar-refractivity contribution is 0.0821. The molecule has 4 rings (SSSR count). The summed E-state index contributed by atoms with van der Waals surface area (Å²) >= 11 is 1.40. The van der Waals surface area contributed by atoms with E-state index in [9.17, 15) is 14.7 Å². The summed E-state index contributed by atoms with van der Waals surface area (Å²) in [6.45, 7) is 11.7. The Bertz CT molecular complexity index is 1510. The van der Waals surface area contributed by atoms with Crippen molar-refractivity contribution in [2.45, 2.75) is 53.2 Å². The molecule has 4 aromatic rings. The number of thiophene rings is 1. The number of rotatable bonds is 7. The third kappa shape index (κ3) is 4.81. The van der Waals surface area contributed by atoms with Crippen LogP contribution in [0.4, 0.5) is 0 Å². The van der Waals surface area contributed by atoms with Crippen LogP contribution >= 0.6 is 11.3 Å². The van der Waals surface area contributed by atoms with E-state index >= 15 is 0 Å². The number of aliphatic hydroxyl groups is 1. The number of carbonyl (C=O) groups is 1. The molecular weight excluding hydrogens is 476 g/mol. The number of pyridine rings is 2. The molecule has 8 nitrogen and oxygen atoms in total. The van der Waals surface area contributed by atoms with E-state index in [0.717, 1.165) is 32.1 Å². The van der Waals surface area contributed by atoms with E-state index in [1.165, 1.54) is 15.9 Å². The number of fused-ring (bicyclic) bond motifs is 1. The van der Waals surface area contributed by atoms with Gasteiger partial charge >= 0.3 is 0 Å². The summed E-state index contributed by atoms with van der Waals surface area (Å²) in [5, 5.41) is 14.2. The summed E-state index contributed by atoms with van der Waals surface area (Å²) in [5.74, 6) is 0.295. The normalized spacial score (nSPS) is 12.7. The number of nitrogens with one attached hydrogen (secondary N) is 2. The largest absolute Gasteiger partial charge is 0.483 e. The van der Waals surface area contributed by atoms with Gasteiger partial charge in [-0.3, -0.25) is 14.6 Å². The summed E-state index contributed by atoms with van der Waals surface area (Å²) in [6, 6.07) is 5.60. The van der Waals surface area contributed by atoms with Gasteiger partial charge in [0.15, 0.2) is 0 Å². The van der Waals surface area contributed by atoms with E-state index in [0.29, 0.717) is 28.9 Å². The molecule has 0 aliphatic rings. The smallest absolute Gasteiger partial charge is 0.274 e. The number of aryl methyl sites for hydroxylation is 3. The number of H-pyrrole nitrogens is 1. The molecule has 9 heteroatoms. The molecule has 4 heterocycles. The number of hydrogen-bond acceptors (Lipinski definition) is 6. The number of aromatic amines is 1. The Morgan fingerprint density at radius 1 is 1.31 bits per heavy atom. The first-order valence-electron chi connectivity index (χ1n) is 11.9. The van der Waals surface area contributed by atoms with Gasteiger partial charge in [-0.25, -0.2) is 0 Å². The zero-order chi connectivity index (χ0) is 26.4. The van der Waals surface area contributed by atoms with E-state index in [2.05, 4.69) is 21.4 Å². The third-order valence-corrected chi connectivity index (χ3v) is 7.50. The molecule has 0 saturated carbocycles. The van der Waals surface area contributed by atoms with Crippen LogP contribution in [0.2, 0.25) is 0 Å². The molecule has 0 fully saturated rings. The van der Waals surface area contributed by atoms with Crippen molar-refractivity contribution >= 4 is 28.1 Å². The lowest BCUT2D eigenvalue weighted by atomic mass is 10.1. The number of amides is 1. The maximum Gasteiger partial charge on any atom is 0.274 e. The fourth-order valence-electron chi connectivity index (χ4n) is 4.24. The van der Waals surface area contributed by atoms with Crippen molar-refractivity contribution in [3.05, 3.63) is 68.3 Å². The number of aromatic nitrogens is 3. The van der Waals surface area contributed by atoms with Gasteiger partial charge < -0.3 is 24.7 Å². The highest BCUT2D eigenvalue weighted by atomic mass is 32.1. The van der Waals surface area contributed by atoms with E-state index in [4.69, 9.17) is 4.74 Å². The van der Waals surface area contributed by atoms with Gasteiger partial charge in [-0.05, 0) is 64.8 Å². The molecular formula is C27H32N4O4S. The molecule has 4 aromatic heterocycles. The summed E-state index contributed by atoms with van der Waals surface area (Å²) < 4.78 is 7.94. The molecule has 0 aliphatic heterocycles. The van der Waals surface area contributed by atoms with Crippen molar-refractivity contribution in [3.8, 4) is 16.2 Å². The second-order valence-corrected chi connectivity index (χ2v) is 10.7. The van der Waals surface area contributed by atoms with E-state index < -0.39 is 5.60 Å². The van der Waals surface area contributed by atoms with Gasteiger partial charge in [0.25, 0.3) is 11.5 Å². The number of hydrogen-bond donors (Lipinski definition) is 3. The molecule has 1 atom stereocenters. The Labute approximate surface area is 214 Å². The van der Waals surface area contributed by atoms with Gasteiger partial charge in [0.1, 0.15) is 23.1 Å². The lowest BCUT2D eigenvalue weighted by Crippen LogP contribution is -2.23. The van der Waals surface area contributed by atoms with Gasteiger partial charge in [0, 0.05) is 41.8 Å². The average Bonchev–Trinajstić information content (AvgIpc) is 3.42. The first-order chi connectivity index (χ1) is 16.9. The SMILES string of the molecule is CCNC(=O)c1cc2c(-c3sc(C(C)(C)O)cc3OC(C)c3ncc(C)cc3C)cn(C)c(=O)c2[nH]1. The van der Waals surface area contributed by atoms with Crippen molar-refractivity contribution in [1.82, 2.24) is 19.9 Å². The second-order valence-electron chi connectivity index (χ2n) is 9.63. The zero-order valence-corrected chi connectivity index (χ0v) is 22.5. The van der Waals surface area contributed by atoms with Crippen molar-refractivity contribution in [3.63, 3.8) is 0 Å². The summed E-state index contributed by atoms with van der Waals surface area (Å²) in [7, 11) is 1.67. The van der Waals surface area contributed by atoms with Crippen molar-refractivity contribution in [2.75, 3.05) is 6.54 Å². The summed E-state index contributed by atoms with van der Waals surface area (Å²) in [4.78, 5) is 34.5. The second kappa shape index (κ2) is 9.55. The van der Waals surface area contributed by atoms with Crippen LogP contribution in [0.3, 0.4) is 0 Å². The van der Waals surface area contributed by atoms with E-state index in [1.54, 1.807) is 33.2 Å². The third-order valence-electron chi connectivity index (χ3n) is 6.04. The first kappa shape index (κ1) is 25.7. The van der Waals surface area contributed by atoms with Crippen LogP contribution in [0.15, 0.2) is 35.4 Å². The molecule has 0 radical (unpaired) electrons. The minimum absolute atomic E-state index is 0.237. The van der Waals surface area contributed by atoms with Gasteiger partial charge in [0.05, 0.1) is 16.2 Å². The molecule has 0 spiro atoms. The number of nitrogens with zero attached hydrogens (tertiary/aromatic N) is 2. The number of carbonyl (C=O) groups excluding carboxylic acids is 1. The quantitative estimate of drug-likeness (QED) is 0.335. The van der Waals surface area contributed by atoms with Crippen LogP contribution in [-0.4, -0.2) is 32.1 Å². The summed E-state index contributed by atoms with van der Waals surface area (Å²) in [6.07, 6.45) is 3.21. The molecule has 1 amide bonds. The minimum Gasteiger partial charge on any atom is -0.483 e. The Kier molecular flexibility index (Phi) is 6.81. The van der Waals surface area contributed by atoms with Crippen LogP contribution in [0.25, 0.3) is 21.3 Å². The monoisotopic (exact) mass is 508 g/mol. The Morgan fingerprint density at radius 3 is 2.67 bits per heavy atom. The van der Waals surface area contributed by atoms with Crippen LogP contribution in [0, 0.1) is 13.8 Å². The highest BCUT2D eigenvalue weighted by molar-refractivity contribution is 7.16. The fraction of sp³-hybridized carbons (Fsp3) is 0.370. The maximum absolute atomic E-state index is 12.9. The Hall–Kier alpha value is -3.43. The Balaban J connectivity index is 1.89. The predicted octanol–water partition coefficient (Wildman–Crippen LogP) is 4.72. The molecule has 3 N–H and O–H groups in total. The molecule has 0 bridgehead atoms. The molecule has 0 aromatic carbocycles. The van der Waals surface area contributed by atoms with Crippen LogP contribution < -0.4 is 15.6 Å². The van der Waals surface area contributed by atoms with Crippen molar-refractivity contribution < 1.29 is 14.6 Å². The van der Waals surface area contributed by atoms with E-state index in [1.807, 2.05) is 40.0 Å². The first-order valence-corrected chi connectivity index (χ1v) is 12.7. The zero-order valence-electron chi connectivity index (χ0n) is 21.6. The van der Waals surface area contributed by atoms with Gasteiger partial charge in [-0.1, -0.05) is 6.07 Å². The van der Waals surface area contributed by atoms with E-state index in [-0.39, 0.29) is 17.6 Å². The molecule has 0 saturated heterocycles. The summed E-state index contributed by atoms with van der Waals surface area (Å²) in [5.41, 5.74) is 2.99. The van der Waals surface area contributed by atoms with Gasteiger partial charge in [-0.2, -0.15) is 0 Å². The van der Waals surface area contributed by atoms with Crippen molar-refractivity contribution in [2.24, 2.45) is 7.05 Å². The predicted molar refractivity (Wildman–Crippen MR) is 143 cm³/mol. The van der Waals surface area contributed by atoms with Crippen LogP contribution in [-0.2, 0) is 12.6 Å². The lowest BCUT2D eigenvalue weighted by Gasteiger charge is -2.17. The fourth-order valence-corrected chi connectivity index (χ4v) is 5.36. The van der Waals surface area contributed by atoms with Gasteiger partial charge in [0.2, 0.25) is 0 Å². The van der Waals surface area contributed by atoms with Crippen LogP contribution in [0.5, 0.6) is 5.75 Å². The van der Waals surface area contributed by atoms with Crippen LogP contribution in [0.1, 0.15) is 66.0 Å². The molecule has 0 aliphatic carbocycles. The van der Waals surface area contributed by atoms with Gasteiger partial charge in [-0.15, -0.1) is 11.3 Å². The molecule has 190 valence electrons. The molecule has 1 unspecified atom stereocenters.